The molecule has 3 rings (SSSR count). The van der Waals surface area contributed by atoms with Gasteiger partial charge in [0.05, 0.1) is 44.0 Å². The molecule has 34 heavy (non-hydrogen) atoms. The lowest BCUT2D eigenvalue weighted by atomic mass is 10.2. The number of alkyl halides is 3. The van der Waals surface area contributed by atoms with Gasteiger partial charge in [0.1, 0.15) is 5.76 Å². The number of rotatable bonds is 9. The molecule has 2 aromatic carbocycles. The smallest absolute Gasteiger partial charge is 0.416 e. The van der Waals surface area contributed by atoms with Crippen LogP contribution in [0.2, 0.25) is 0 Å². The van der Waals surface area contributed by atoms with Crippen molar-refractivity contribution in [2.75, 3.05) is 26.1 Å². The number of carbonyl (C=O) groups is 1. The molecule has 0 saturated carbocycles. The highest BCUT2D eigenvalue weighted by Gasteiger charge is 2.34. The monoisotopic (exact) mass is 498 g/mol. The van der Waals surface area contributed by atoms with Crippen LogP contribution in [-0.2, 0) is 27.5 Å². The van der Waals surface area contributed by atoms with E-state index in [0.717, 1.165) is 22.5 Å². The molecular weight excluding hydrogens is 477 g/mol. The fourth-order valence-electron chi connectivity index (χ4n) is 3.06. The van der Waals surface area contributed by atoms with E-state index < -0.39 is 39.1 Å². The maximum absolute atomic E-state index is 13.2. The number of methoxy groups -OCH3 is 2. The normalized spacial score (nSPS) is 11.9. The second kappa shape index (κ2) is 10.2. The number of furan rings is 1. The molecule has 0 unspecified atom stereocenters. The number of carbonyl (C=O) groups excluding carboxylic acids is 1. The van der Waals surface area contributed by atoms with Crippen molar-refractivity contribution >= 4 is 21.6 Å². The lowest BCUT2D eigenvalue weighted by Crippen LogP contribution is -2.37. The predicted molar refractivity (Wildman–Crippen MR) is 116 cm³/mol. The number of ether oxygens (including phenoxy) is 2. The topological polar surface area (TPSA) is 98.1 Å². The molecule has 182 valence electrons. The average molecular weight is 498 g/mol. The van der Waals surface area contributed by atoms with Gasteiger partial charge in [-0.1, -0.05) is 6.07 Å². The minimum atomic E-state index is -4.73. The number of amides is 1. The van der Waals surface area contributed by atoms with Gasteiger partial charge in [-0.2, -0.15) is 17.5 Å². The van der Waals surface area contributed by atoms with Gasteiger partial charge in [0, 0.05) is 11.8 Å². The Labute approximate surface area is 193 Å². The number of sulfonamides is 1. The molecule has 0 bridgehead atoms. The first-order valence-electron chi connectivity index (χ1n) is 9.76. The van der Waals surface area contributed by atoms with E-state index in [0.29, 0.717) is 23.3 Å². The average Bonchev–Trinajstić information content (AvgIpc) is 3.31. The summed E-state index contributed by atoms with van der Waals surface area (Å²) in [5.41, 5.74) is -0.821. The highest BCUT2D eigenvalue weighted by molar-refractivity contribution is 7.89. The van der Waals surface area contributed by atoms with E-state index >= 15 is 0 Å². The van der Waals surface area contributed by atoms with Gasteiger partial charge < -0.3 is 19.2 Å². The van der Waals surface area contributed by atoms with Gasteiger partial charge >= 0.3 is 6.18 Å². The van der Waals surface area contributed by atoms with E-state index in [4.69, 9.17) is 13.9 Å². The first kappa shape index (κ1) is 25.1. The van der Waals surface area contributed by atoms with Gasteiger partial charge in [0.2, 0.25) is 15.9 Å². The van der Waals surface area contributed by atoms with Crippen molar-refractivity contribution in [1.29, 1.82) is 0 Å². The molecule has 1 aromatic heterocycles. The van der Waals surface area contributed by atoms with Crippen LogP contribution in [0.25, 0.3) is 0 Å². The zero-order valence-electron chi connectivity index (χ0n) is 18.1. The zero-order chi connectivity index (χ0) is 24.9. The van der Waals surface area contributed by atoms with Crippen molar-refractivity contribution in [2.45, 2.75) is 17.6 Å². The number of halogens is 3. The highest BCUT2D eigenvalue weighted by Crippen LogP contribution is 2.32. The van der Waals surface area contributed by atoms with Crippen LogP contribution in [0.4, 0.5) is 18.9 Å². The predicted octanol–water partition coefficient (Wildman–Crippen LogP) is 4.15. The van der Waals surface area contributed by atoms with E-state index in [1.54, 1.807) is 6.07 Å². The zero-order valence-corrected chi connectivity index (χ0v) is 18.9. The van der Waals surface area contributed by atoms with E-state index in [1.165, 1.54) is 44.7 Å². The third kappa shape index (κ3) is 5.88. The largest absolute Gasteiger partial charge is 0.493 e. The molecule has 3 aromatic rings. The summed E-state index contributed by atoms with van der Waals surface area (Å²) in [6.45, 7) is -1.06. The number of hydrogen-bond acceptors (Lipinski definition) is 6. The third-order valence-electron chi connectivity index (χ3n) is 4.70. The Morgan fingerprint density at radius 2 is 1.76 bits per heavy atom. The first-order valence-corrected chi connectivity index (χ1v) is 11.2. The van der Waals surface area contributed by atoms with Gasteiger partial charge in [-0.05, 0) is 42.5 Å². The molecule has 0 aliphatic carbocycles. The van der Waals surface area contributed by atoms with Crippen LogP contribution in [0.5, 0.6) is 11.5 Å². The number of benzene rings is 2. The summed E-state index contributed by atoms with van der Waals surface area (Å²) in [4.78, 5) is 12.1. The maximum Gasteiger partial charge on any atom is 0.416 e. The Morgan fingerprint density at radius 1 is 1.03 bits per heavy atom. The summed E-state index contributed by atoms with van der Waals surface area (Å²) >= 11 is 0. The Morgan fingerprint density at radius 3 is 2.38 bits per heavy atom. The second-order valence-corrected chi connectivity index (χ2v) is 8.93. The van der Waals surface area contributed by atoms with Crippen molar-refractivity contribution in [1.82, 2.24) is 4.31 Å². The van der Waals surface area contributed by atoms with Crippen molar-refractivity contribution in [2.24, 2.45) is 0 Å². The van der Waals surface area contributed by atoms with Gasteiger partial charge in [-0.15, -0.1) is 0 Å². The lowest BCUT2D eigenvalue weighted by molar-refractivity contribution is -0.137. The quantitative estimate of drug-likeness (QED) is 0.476. The molecule has 0 fully saturated rings. The SMILES string of the molecule is COc1ccc(NC(=O)CN(Cc2ccco2)S(=O)(=O)c2cccc(C(F)(F)F)c2)cc1OC. The molecule has 0 aliphatic heterocycles. The van der Waals surface area contributed by atoms with Crippen LogP contribution in [0.1, 0.15) is 11.3 Å². The van der Waals surface area contributed by atoms with E-state index in [-0.39, 0.29) is 12.3 Å². The van der Waals surface area contributed by atoms with E-state index in [9.17, 15) is 26.4 Å². The first-order chi connectivity index (χ1) is 16.0. The molecule has 0 saturated heterocycles. The molecule has 1 heterocycles. The molecule has 0 aliphatic rings. The summed E-state index contributed by atoms with van der Waals surface area (Å²) in [5.74, 6) is 0.236. The standard InChI is InChI=1S/C22H21F3N2O6S/c1-31-19-9-8-16(12-20(19)32-2)26-21(28)14-27(13-17-6-4-10-33-17)34(29,30)18-7-3-5-15(11-18)22(23,24)25/h3-12H,13-14H2,1-2H3,(H,26,28). The van der Waals surface area contributed by atoms with Gasteiger partial charge in [0.25, 0.3) is 0 Å². The fraction of sp³-hybridized carbons (Fsp3) is 0.227. The molecule has 1 amide bonds. The molecular formula is C22H21F3N2O6S. The Hall–Kier alpha value is -3.51. The van der Waals surface area contributed by atoms with E-state index in [2.05, 4.69) is 5.32 Å². The number of anilines is 1. The molecule has 1 N–H and O–H groups in total. The summed E-state index contributed by atoms with van der Waals surface area (Å²) in [7, 11) is -1.64. The minimum absolute atomic E-state index is 0.203. The highest BCUT2D eigenvalue weighted by atomic mass is 32.2. The van der Waals surface area contributed by atoms with Crippen molar-refractivity contribution in [3.63, 3.8) is 0 Å². The van der Waals surface area contributed by atoms with Crippen LogP contribution in [-0.4, -0.2) is 39.4 Å². The van der Waals surface area contributed by atoms with Crippen LogP contribution < -0.4 is 14.8 Å². The van der Waals surface area contributed by atoms with Gasteiger partial charge in [-0.25, -0.2) is 8.42 Å². The van der Waals surface area contributed by atoms with Crippen molar-refractivity contribution in [3.8, 4) is 11.5 Å². The lowest BCUT2D eigenvalue weighted by Gasteiger charge is -2.21. The van der Waals surface area contributed by atoms with Gasteiger partial charge in [-0.3, -0.25) is 4.79 Å². The summed E-state index contributed by atoms with van der Waals surface area (Å²) < 4.78 is 82.0. The fourth-order valence-corrected chi connectivity index (χ4v) is 4.47. The minimum Gasteiger partial charge on any atom is -0.493 e. The Balaban J connectivity index is 1.88. The third-order valence-corrected chi connectivity index (χ3v) is 6.49. The molecule has 0 radical (unpaired) electrons. The van der Waals surface area contributed by atoms with Crippen LogP contribution >= 0.6 is 0 Å². The molecule has 0 spiro atoms. The molecule has 0 atom stereocenters. The number of nitrogens with zero attached hydrogens (tertiary/aromatic N) is 1. The van der Waals surface area contributed by atoms with E-state index in [1.807, 2.05) is 0 Å². The number of hydrogen-bond donors (Lipinski definition) is 1. The Kier molecular flexibility index (Phi) is 7.52. The van der Waals surface area contributed by atoms with Crippen LogP contribution in [0.3, 0.4) is 0 Å². The molecule has 8 nitrogen and oxygen atoms in total. The maximum atomic E-state index is 13.2. The number of nitrogens with one attached hydrogen (secondary N) is 1. The van der Waals surface area contributed by atoms with Gasteiger partial charge in [0.15, 0.2) is 11.5 Å². The second-order valence-electron chi connectivity index (χ2n) is 7.00. The van der Waals surface area contributed by atoms with Crippen LogP contribution in [0, 0.1) is 0 Å². The summed E-state index contributed by atoms with van der Waals surface area (Å²) in [5, 5.41) is 2.55. The summed E-state index contributed by atoms with van der Waals surface area (Å²) in [6.07, 6.45) is -3.42. The summed E-state index contributed by atoms with van der Waals surface area (Å²) in [6, 6.07) is 10.9. The molecule has 12 heteroatoms. The Bertz CT molecular complexity index is 1240. The van der Waals surface area contributed by atoms with Crippen molar-refractivity contribution < 1.29 is 40.3 Å². The van der Waals surface area contributed by atoms with Crippen LogP contribution in [0.15, 0.2) is 70.2 Å². The van der Waals surface area contributed by atoms with Crippen molar-refractivity contribution in [3.05, 3.63) is 72.2 Å².